The maximum absolute atomic E-state index is 5.69. The summed E-state index contributed by atoms with van der Waals surface area (Å²) in [6.45, 7) is 4.16. The van der Waals surface area contributed by atoms with E-state index in [1.54, 1.807) is 11.8 Å². The highest BCUT2D eigenvalue weighted by atomic mass is 16.5. The second kappa shape index (κ2) is 6.44. The fourth-order valence-electron chi connectivity index (χ4n) is 1.09. The van der Waals surface area contributed by atoms with Crippen molar-refractivity contribution in [3.8, 4) is 0 Å². The SMILES string of the molecule is COCCOCCn1nnnc1C(C)N. The van der Waals surface area contributed by atoms with E-state index in [4.69, 9.17) is 15.2 Å². The van der Waals surface area contributed by atoms with Gasteiger partial charge in [0, 0.05) is 7.11 Å². The number of aromatic nitrogens is 4. The highest BCUT2D eigenvalue weighted by Crippen LogP contribution is 2.02. The molecule has 0 radical (unpaired) electrons. The first-order valence-electron chi connectivity index (χ1n) is 4.84. The molecule has 0 amide bonds. The lowest BCUT2D eigenvalue weighted by Gasteiger charge is -2.07. The standard InChI is InChI=1S/C8H17N5O2/c1-7(9)8-10-11-12-13(8)3-4-15-6-5-14-2/h7H,3-6,9H2,1-2H3. The van der Waals surface area contributed by atoms with Crippen molar-refractivity contribution in [3.05, 3.63) is 5.82 Å². The third-order valence-electron chi connectivity index (χ3n) is 1.85. The van der Waals surface area contributed by atoms with Gasteiger partial charge < -0.3 is 15.2 Å². The first-order chi connectivity index (χ1) is 7.25. The van der Waals surface area contributed by atoms with Gasteiger partial charge in [0.15, 0.2) is 5.82 Å². The highest BCUT2D eigenvalue weighted by Gasteiger charge is 2.09. The van der Waals surface area contributed by atoms with Gasteiger partial charge in [0.25, 0.3) is 0 Å². The van der Waals surface area contributed by atoms with E-state index in [-0.39, 0.29) is 6.04 Å². The Morgan fingerprint density at radius 1 is 1.40 bits per heavy atom. The molecule has 1 unspecified atom stereocenters. The molecule has 0 fully saturated rings. The number of nitrogens with two attached hydrogens (primary N) is 1. The first kappa shape index (κ1) is 12.0. The van der Waals surface area contributed by atoms with Gasteiger partial charge in [0.1, 0.15) is 0 Å². The zero-order valence-corrected chi connectivity index (χ0v) is 9.09. The molecule has 0 aliphatic rings. The molecule has 1 atom stereocenters. The van der Waals surface area contributed by atoms with E-state index < -0.39 is 0 Å². The minimum atomic E-state index is -0.168. The number of hydrogen-bond donors (Lipinski definition) is 1. The number of tetrazole rings is 1. The van der Waals surface area contributed by atoms with Crippen LogP contribution in [0.3, 0.4) is 0 Å². The Bertz CT molecular complexity index is 276. The largest absolute Gasteiger partial charge is 0.382 e. The van der Waals surface area contributed by atoms with Crippen molar-refractivity contribution in [2.24, 2.45) is 5.73 Å². The van der Waals surface area contributed by atoms with Gasteiger partial charge in [0.05, 0.1) is 32.4 Å². The lowest BCUT2D eigenvalue weighted by molar-refractivity contribution is 0.0648. The van der Waals surface area contributed by atoms with Crippen LogP contribution in [-0.2, 0) is 16.0 Å². The molecule has 86 valence electrons. The molecule has 0 aliphatic carbocycles. The van der Waals surface area contributed by atoms with E-state index >= 15 is 0 Å². The summed E-state index contributed by atoms with van der Waals surface area (Å²) in [5.41, 5.74) is 5.69. The predicted octanol–water partition coefficient (Wildman–Crippen LogP) is -0.644. The number of hydrogen-bond acceptors (Lipinski definition) is 6. The van der Waals surface area contributed by atoms with Crippen molar-refractivity contribution in [2.75, 3.05) is 26.9 Å². The summed E-state index contributed by atoms with van der Waals surface area (Å²) < 4.78 is 11.8. The minimum Gasteiger partial charge on any atom is -0.382 e. The maximum Gasteiger partial charge on any atom is 0.167 e. The van der Waals surface area contributed by atoms with Crippen LogP contribution < -0.4 is 5.73 Å². The second-order valence-electron chi connectivity index (χ2n) is 3.15. The van der Waals surface area contributed by atoms with E-state index in [1.165, 1.54) is 0 Å². The van der Waals surface area contributed by atoms with E-state index in [9.17, 15) is 0 Å². The molecule has 0 bridgehead atoms. The lowest BCUT2D eigenvalue weighted by Crippen LogP contribution is -2.17. The van der Waals surface area contributed by atoms with Crippen LogP contribution >= 0.6 is 0 Å². The summed E-state index contributed by atoms with van der Waals surface area (Å²) in [6, 6.07) is -0.168. The van der Waals surface area contributed by atoms with Gasteiger partial charge in [-0.1, -0.05) is 0 Å². The summed E-state index contributed by atoms with van der Waals surface area (Å²) in [4.78, 5) is 0. The van der Waals surface area contributed by atoms with E-state index in [0.29, 0.717) is 32.2 Å². The average Bonchev–Trinajstić information content (AvgIpc) is 2.66. The van der Waals surface area contributed by atoms with Crippen LogP contribution in [0, 0.1) is 0 Å². The molecule has 7 heteroatoms. The molecule has 1 aromatic heterocycles. The molecular weight excluding hydrogens is 198 g/mol. The Labute approximate surface area is 88.5 Å². The second-order valence-corrected chi connectivity index (χ2v) is 3.15. The normalized spacial score (nSPS) is 13.0. The van der Waals surface area contributed by atoms with Gasteiger partial charge in [-0.25, -0.2) is 4.68 Å². The van der Waals surface area contributed by atoms with Crippen molar-refractivity contribution in [2.45, 2.75) is 19.5 Å². The third kappa shape index (κ3) is 3.90. The van der Waals surface area contributed by atoms with Crippen LogP contribution in [0.1, 0.15) is 18.8 Å². The van der Waals surface area contributed by atoms with Crippen molar-refractivity contribution in [1.29, 1.82) is 0 Å². The lowest BCUT2D eigenvalue weighted by atomic mass is 10.3. The molecular formula is C8H17N5O2. The van der Waals surface area contributed by atoms with Gasteiger partial charge in [0.2, 0.25) is 0 Å². The Balaban J connectivity index is 2.28. The van der Waals surface area contributed by atoms with Crippen LogP contribution in [0.5, 0.6) is 0 Å². The Kier molecular flexibility index (Phi) is 5.16. The third-order valence-corrected chi connectivity index (χ3v) is 1.85. The topological polar surface area (TPSA) is 88.1 Å². The van der Waals surface area contributed by atoms with E-state index in [0.717, 1.165) is 0 Å². The maximum atomic E-state index is 5.69. The molecule has 1 heterocycles. The number of rotatable bonds is 7. The molecule has 1 aromatic rings. The van der Waals surface area contributed by atoms with Crippen molar-refractivity contribution < 1.29 is 9.47 Å². The Hall–Kier alpha value is -1.05. The molecule has 0 saturated carbocycles. The molecule has 0 saturated heterocycles. The van der Waals surface area contributed by atoms with Gasteiger partial charge in [-0.15, -0.1) is 5.10 Å². The smallest absolute Gasteiger partial charge is 0.167 e. The minimum absolute atomic E-state index is 0.168. The number of nitrogens with zero attached hydrogens (tertiary/aromatic N) is 4. The van der Waals surface area contributed by atoms with Gasteiger partial charge in [-0.2, -0.15) is 0 Å². The fourth-order valence-corrected chi connectivity index (χ4v) is 1.09. The van der Waals surface area contributed by atoms with Crippen LogP contribution in [0.2, 0.25) is 0 Å². The van der Waals surface area contributed by atoms with Crippen molar-refractivity contribution in [1.82, 2.24) is 20.2 Å². The molecule has 15 heavy (non-hydrogen) atoms. The Morgan fingerprint density at radius 2 is 2.20 bits per heavy atom. The highest BCUT2D eigenvalue weighted by molar-refractivity contribution is 4.86. The van der Waals surface area contributed by atoms with E-state index in [2.05, 4.69) is 15.5 Å². The summed E-state index contributed by atoms with van der Waals surface area (Å²) in [5.74, 6) is 0.672. The van der Waals surface area contributed by atoms with Crippen LogP contribution in [-0.4, -0.2) is 47.1 Å². The molecule has 1 rings (SSSR count). The summed E-state index contributed by atoms with van der Waals surface area (Å²) in [6.07, 6.45) is 0. The molecule has 0 aromatic carbocycles. The van der Waals surface area contributed by atoms with Gasteiger partial charge >= 0.3 is 0 Å². The monoisotopic (exact) mass is 215 g/mol. The Morgan fingerprint density at radius 3 is 2.87 bits per heavy atom. The van der Waals surface area contributed by atoms with Crippen molar-refractivity contribution >= 4 is 0 Å². The van der Waals surface area contributed by atoms with E-state index in [1.807, 2.05) is 6.92 Å². The molecule has 2 N–H and O–H groups in total. The van der Waals surface area contributed by atoms with Crippen LogP contribution in [0.25, 0.3) is 0 Å². The number of ether oxygens (including phenoxy) is 2. The average molecular weight is 215 g/mol. The molecule has 0 spiro atoms. The first-order valence-corrected chi connectivity index (χ1v) is 4.84. The fraction of sp³-hybridized carbons (Fsp3) is 0.875. The van der Waals surface area contributed by atoms with Gasteiger partial charge in [-0.05, 0) is 17.4 Å². The summed E-state index contributed by atoms with van der Waals surface area (Å²) in [7, 11) is 1.64. The summed E-state index contributed by atoms with van der Waals surface area (Å²) >= 11 is 0. The molecule has 0 aliphatic heterocycles. The van der Waals surface area contributed by atoms with Crippen LogP contribution in [0.4, 0.5) is 0 Å². The van der Waals surface area contributed by atoms with Gasteiger partial charge in [-0.3, -0.25) is 0 Å². The summed E-state index contributed by atoms with van der Waals surface area (Å²) in [5, 5.41) is 11.2. The zero-order valence-electron chi connectivity index (χ0n) is 9.09. The van der Waals surface area contributed by atoms with Crippen molar-refractivity contribution in [3.63, 3.8) is 0 Å². The van der Waals surface area contributed by atoms with Crippen LogP contribution in [0.15, 0.2) is 0 Å². The zero-order chi connectivity index (χ0) is 11.1. The number of methoxy groups -OCH3 is 1. The predicted molar refractivity (Wildman–Crippen MR) is 53.1 cm³/mol. The quantitative estimate of drug-likeness (QED) is 0.608. The molecule has 7 nitrogen and oxygen atoms in total.